The van der Waals surface area contributed by atoms with E-state index in [9.17, 15) is 9.90 Å². The number of anilines is 1. The second kappa shape index (κ2) is 7.90. The number of benzene rings is 2. The Hall–Kier alpha value is -2.70. The molecule has 2 heterocycles. The molecule has 0 atom stereocenters. The van der Waals surface area contributed by atoms with Gasteiger partial charge >= 0.3 is 0 Å². The molecule has 3 aromatic rings. The van der Waals surface area contributed by atoms with Crippen molar-refractivity contribution in [3.05, 3.63) is 59.8 Å². The molecule has 4 rings (SSSR count). The highest BCUT2D eigenvalue weighted by Gasteiger charge is 2.18. The van der Waals surface area contributed by atoms with E-state index in [2.05, 4.69) is 32.5 Å². The van der Waals surface area contributed by atoms with Gasteiger partial charge in [-0.05, 0) is 61.7 Å². The summed E-state index contributed by atoms with van der Waals surface area (Å²) >= 11 is 0. The van der Waals surface area contributed by atoms with Crippen LogP contribution in [-0.2, 0) is 6.54 Å². The molecule has 27 heavy (non-hydrogen) atoms. The molecule has 2 aromatic carbocycles. The molecule has 1 fully saturated rings. The van der Waals surface area contributed by atoms with Gasteiger partial charge in [0.1, 0.15) is 0 Å². The van der Waals surface area contributed by atoms with Gasteiger partial charge < -0.3 is 10.4 Å². The number of piperidine rings is 1. The van der Waals surface area contributed by atoms with Crippen LogP contribution in [-0.4, -0.2) is 45.8 Å². The van der Waals surface area contributed by atoms with Crippen molar-refractivity contribution < 1.29 is 9.90 Å². The summed E-state index contributed by atoms with van der Waals surface area (Å²) in [5, 5.41) is 19.9. The quantitative estimate of drug-likeness (QED) is 0.650. The minimum absolute atomic E-state index is 0.138. The first-order valence-corrected chi connectivity index (χ1v) is 9.38. The maximum Gasteiger partial charge on any atom is 0.256 e. The number of carbonyl (C=O) groups excluding carboxylic acids is 1. The number of aromatic amines is 1. The van der Waals surface area contributed by atoms with Gasteiger partial charge in [0.15, 0.2) is 0 Å². The molecule has 3 N–H and O–H groups in total. The number of carbonyl (C=O) groups is 1. The van der Waals surface area contributed by atoms with Crippen LogP contribution in [0.4, 0.5) is 5.69 Å². The Labute approximate surface area is 158 Å². The minimum atomic E-state index is -0.138. The van der Waals surface area contributed by atoms with Crippen LogP contribution in [0.2, 0.25) is 0 Å². The minimum Gasteiger partial charge on any atom is -0.396 e. The van der Waals surface area contributed by atoms with Gasteiger partial charge in [0.05, 0.1) is 17.3 Å². The summed E-state index contributed by atoms with van der Waals surface area (Å²) in [6.45, 7) is 3.26. The number of aromatic nitrogens is 2. The Kier molecular flexibility index (Phi) is 5.18. The predicted molar refractivity (Wildman–Crippen MR) is 106 cm³/mol. The van der Waals surface area contributed by atoms with Crippen LogP contribution in [0.15, 0.2) is 48.7 Å². The molecule has 0 unspecified atom stereocenters. The molecule has 0 bridgehead atoms. The first-order chi connectivity index (χ1) is 13.2. The predicted octanol–water partition coefficient (Wildman–Crippen LogP) is 3.02. The van der Waals surface area contributed by atoms with Crippen molar-refractivity contribution >= 4 is 22.5 Å². The highest BCUT2D eigenvalue weighted by atomic mass is 16.3. The van der Waals surface area contributed by atoms with E-state index < -0.39 is 0 Å². The van der Waals surface area contributed by atoms with Crippen molar-refractivity contribution in [3.63, 3.8) is 0 Å². The average Bonchev–Trinajstić information content (AvgIpc) is 3.19. The van der Waals surface area contributed by atoms with Gasteiger partial charge in [-0.1, -0.05) is 18.2 Å². The highest BCUT2D eigenvalue weighted by Crippen LogP contribution is 2.20. The van der Waals surface area contributed by atoms with Gasteiger partial charge in [-0.15, -0.1) is 0 Å². The average molecular weight is 364 g/mol. The lowest BCUT2D eigenvalue weighted by Gasteiger charge is -2.31. The van der Waals surface area contributed by atoms with Crippen molar-refractivity contribution in [1.29, 1.82) is 0 Å². The van der Waals surface area contributed by atoms with Crippen LogP contribution in [0.1, 0.15) is 28.8 Å². The highest BCUT2D eigenvalue weighted by molar-refractivity contribution is 6.12. The third-order valence-electron chi connectivity index (χ3n) is 5.31. The van der Waals surface area contributed by atoms with Crippen molar-refractivity contribution in [2.45, 2.75) is 19.4 Å². The fourth-order valence-electron chi connectivity index (χ4n) is 3.64. The van der Waals surface area contributed by atoms with E-state index in [4.69, 9.17) is 0 Å². The van der Waals surface area contributed by atoms with Crippen LogP contribution in [0.3, 0.4) is 0 Å². The molecule has 6 nitrogen and oxygen atoms in total. The van der Waals surface area contributed by atoms with Crippen LogP contribution < -0.4 is 5.32 Å². The topological polar surface area (TPSA) is 81.3 Å². The number of aliphatic hydroxyl groups excluding tert-OH is 1. The number of hydrogen-bond donors (Lipinski definition) is 3. The van der Waals surface area contributed by atoms with Crippen molar-refractivity contribution in [3.8, 4) is 0 Å². The zero-order chi connectivity index (χ0) is 18.6. The third-order valence-corrected chi connectivity index (χ3v) is 5.31. The monoisotopic (exact) mass is 364 g/mol. The molecule has 0 spiro atoms. The number of H-pyrrole nitrogens is 1. The maximum absolute atomic E-state index is 12.6. The summed E-state index contributed by atoms with van der Waals surface area (Å²) in [7, 11) is 0. The second-order valence-corrected chi connectivity index (χ2v) is 7.19. The Morgan fingerprint density at radius 2 is 1.96 bits per heavy atom. The van der Waals surface area contributed by atoms with E-state index in [0.717, 1.165) is 49.1 Å². The Balaban J connectivity index is 1.38. The molecule has 1 aliphatic rings. The number of rotatable bonds is 5. The number of aliphatic hydroxyl groups is 1. The van der Waals surface area contributed by atoms with Gasteiger partial charge in [0.2, 0.25) is 0 Å². The number of nitrogens with one attached hydrogen (secondary N) is 2. The first kappa shape index (κ1) is 17.7. The van der Waals surface area contributed by atoms with Gasteiger partial charge in [-0.25, -0.2) is 0 Å². The zero-order valence-electron chi connectivity index (χ0n) is 15.2. The number of fused-ring (bicyclic) bond motifs is 1. The molecule has 140 valence electrons. The van der Waals surface area contributed by atoms with Gasteiger partial charge in [0.25, 0.3) is 5.91 Å². The summed E-state index contributed by atoms with van der Waals surface area (Å²) in [6, 6.07) is 13.6. The third kappa shape index (κ3) is 4.02. The Bertz CT molecular complexity index is 911. The number of nitrogens with zero attached hydrogens (tertiary/aromatic N) is 2. The van der Waals surface area contributed by atoms with E-state index in [1.165, 1.54) is 5.56 Å². The Morgan fingerprint density at radius 3 is 2.70 bits per heavy atom. The molecule has 0 aliphatic carbocycles. The molecule has 1 amide bonds. The molecule has 1 saturated heterocycles. The number of hydrogen-bond acceptors (Lipinski definition) is 4. The van der Waals surface area contributed by atoms with Crippen molar-refractivity contribution in [1.82, 2.24) is 15.1 Å². The van der Waals surface area contributed by atoms with E-state index in [1.54, 1.807) is 12.3 Å². The van der Waals surface area contributed by atoms with E-state index in [0.29, 0.717) is 18.1 Å². The lowest BCUT2D eigenvalue weighted by atomic mass is 9.97. The molecule has 0 radical (unpaired) electrons. The van der Waals surface area contributed by atoms with Gasteiger partial charge in [-0.2, -0.15) is 5.10 Å². The fourth-order valence-corrected chi connectivity index (χ4v) is 3.64. The van der Waals surface area contributed by atoms with Crippen LogP contribution in [0, 0.1) is 5.92 Å². The first-order valence-electron chi connectivity index (χ1n) is 9.38. The number of amides is 1. The van der Waals surface area contributed by atoms with Crippen molar-refractivity contribution in [2.24, 2.45) is 5.92 Å². The molecule has 1 aromatic heterocycles. The van der Waals surface area contributed by atoms with Crippen molar-refractivity contribution in [2.75, 3.05) is 25.0 Å². The SMILES string of the molecule is O=C(Nc1ccc(CN2CCC(CO)CC2)cc1)c1cccc2[nH]ncc12. The van der Waals surface area contributed by atoms with E-state index in [1.807, 2.05) is 24.3 Å². The lowest BCUT2D eigenvalue weighted by Crippen LogP contribution is -2.34. The summed E-state index contributed by atoms with van der Waals surface area (Å²) in [4.78, 5) is 15.0. The second-order valence-electron chi connectivity index (χ2n) is 7.19. The smallest absolute Gasteiger partial charge is 0.256 e. The van der Waals surface area contributed by atoms with Gasteiger partial charge in [-0.3, -0.25) is 14.8 Å². The largest absolute Gasteiger partial charge is 0.396 e. The zero-order valence-corrected chi connectivity index (χ0v) is 15.2. The summed E-state index contributed by atoms with van der Waals surface area (Å²) in [6.07, 6.45) is 3.79. The standard InChI is InChI=1S/C21H24N4O2/c26-14-16-8-10-25(11-9-16)13-15-4-6-17(7-5-15)23-21(27)18-2-1-3-20-19(18)12-22-24-20/h1-7,12,16,26H,8-11,13-14H2,(H,22,24)(H,23,27). The summed E-state index contributed by atoms with van der Waals surface area (Å²) in [5.74, 6) is 0.319. The molecular weight excluding hydrogens is 340 g/mol. The lowest BCUT2D eigenvalue weighted by molar-refractivity contribution is 0.102. The summed E-state index contributed by atoms with van der Waals surface area (Å²) < 4.78 is 0. The van der Waals surface area contributed by atoms with Gasteiger partial charge in [0, 0.05) is 24.2 Å². The van der Waals surface area contributed by atoms with Crippen LogP contribution >= 0.6 is 0 Å². The molecule has 0 saturated carbocycles. The molecular formula is C21H24N4O2. The molecule has 1 aliphatic heterocycles. The van der Waals surface area contributed by atoms with E-state index >= 15 is 0 Å². The van der Waals surface area contributed by atoms with Crippen LogP contribution in [0.25, 0.3) is 10.9 Å². The Morgan fingerprint density at radius 1 is 1.19 bits per heavy atom. The molecule has 6 heteroatoms. The summed E-state index contributed by atoms with van der Waals surface area (Å²) in [5.41, 5.74) is 3.47. The maximum atomic E-state index is 12.6. The van der Waals surface area contributed by atoms with E-state index in [-0.39, 0.29) is 5.91 Å². The number of likely N-dealkylation sites (tertiary alicyclic amines) is 1. The van der Waals surface area contributed by atoms with Crippen LogP contribution in [0.5, 0.6) is 0 Å². The fraction of sp³-hybridized carbons (Fsp3) is 0.333. The normalized spacial score (nSPS) is 15.9.